The maximum absolute atomic E-state index is 3.61. The molecule has 0 radical (unpaired) electrons. The van der Waals surface area contributed by atoms with Gasteiger partial charge in [0.2, 0.25) is 0 Å². The normalized spacial score (nSPS) is 17.4. The first-order valence-corrected chi connectivity index (χ1v) is 3.59. The highest BCUT2D eigenvalue weighted by Gasteiger charge is 1.89. The Hall–Kier alpha value is -1.04. The zero-order chi connectivity index (χ0) is 7.23. The third-order valence-corrected chi connectivity index (χ3v) is 1.45. The molecule has 0 bridgehead atoms. The van der Waals surface area contributed by atoms with E-state index in [9.17, 15) is 0 Å². The van der Waals surface area contributed by atoms with Crippen molar-refractivity contribution >= 4 is 0 Å². The van der Waals surface area contributed by atoms with Crippen molar-refractivity contribution in [1.82, 2.24) is 0 Å². The molecule has 0 fully saturated rings. The Morgan fingerprint density at radius 2 is 2.30 bits per heavy atom. The standard InChI is InChI=1S/C10H12/c1-2-3-7-10-8-5-4-6-9-10/h2-3,5,7-9H,1,4,6H2. The minimum Gasteiger partial charge on any atom is -0.0991 e. The number of hydrogen-bond acceptors (Lipinski definition) is 0. The van der Waals surface area contributed by atoms with Gasteiger partial charge in [0.05, 0.1) is 0 Å². The van der Waals surface area contributed by atoms with E-state index in [1.165, 1.54) is 18.4 Å². The smallest absolute Gasteiger partial charge is 0.0300 e. The average Bonchev–Trinajstić information content (AvgIpc) is 2.03. The summed E-state index contributed by atoms with van der Waals surface area (Å²) < 4.78 is 0. The lowest BCUT2D eigenvalue weighted by Gasteiger charge is -1.99. The Bertz CT molecular complexity index is 192. The third-order valence-electron chi connectivity index (χ3n) is 1.45. The van der Waals surface area contributed by atoms with Crippen LogP contribution >= 0.6 is 0 Å². The fraction of sp³-hybridized carbons (Fsp3) is 0.200. The van der Waals surface area contributed by atoms with Crippen LogP contribution in [0.2, 0.25) is 0 Å². The van der Waals surface area contributed by atoms with Gasteiger partial charge in [-0.2, -0.15) is 0 Å². The van der Waals surface area contributed by atoms with E-state index in [0.717, 1.165) is 0 Å². The second kappa shape index (κ2) is 3.89. The van der Waals surface area contributed by atoms with Crippen molar-refractivity contribution in [3.63, 3.8) is 0 Å². The molecule has 1 rings (SSSR count). The summed E-state index contributed by atoms with van der Waals surface area (Å²) in [6.07, 6.45) is 14.8. The monoisotopic (exact) mass is 132 g/mol. The van der Waals surface area contributed by atoms with Crippen molar-refractivity contribution < 1.29 is 0 Å². The minimum absolute atomic E-state index is 1.17. The summed E-state index contributed by atoms with van der Waals surface area (Å²) in [5.74, 6) is 0. The molecule has 0 heteroatoms. The summed E-state index contributed by atoms with van der Waals surface area (Å²) in [6, 6.07) is 0. The van der Waals surface area contributed by atoms with Crippen molar-refractivity contribution in [2.75, 3.05) is 0 Å². The van der Waals surface area contributed by atoms with Crippen LogP contribution in [0.3, 0.4) is 0 Å². The molecule has 0 atom stereocenters. The van der Waals surface area contributed by atoms with Crippen LogP contribution in [0.1, 0.15) is 12.8 Å². The predicted octanol–water partition coefficient (Wildman–Crippen LogP) is 3.01. The van der Waals surface area contributed by atoms with Crippen molar-refractivity contribution in [2.24, 2.45) is 0 Å². The van der Waals surface area contributed by atoms with Gasteiger partial charge in [0, 0.05) is 0 Å². The van der Waals surface area contributed by atoms with Gasteiger partial charge in [-0.25, -0.2) is 0 Å². The van der Waals surface area contributed by atoms with E-state index in [1.807, 2.05) is 6.08 Å². The van der Waals surface area contributed by atoms with Crippen LogP contribution in [0.4, 0.5) is 0 Å². The van der Waals surface area contributed by atoms with Crippen LogP contribution in [0.5, 0.6) is 0 Å². The Kier molecular flexibility index (Phi) is 2.75. The van der Waals surface area contributed by atoms with E-state index in [0.29, 0.717) is 0 Å². The highest BCUT2D eigenvalue weighted by molar-refractivity contribution is 5.33. The Morgan fingerprint density at radius 3 is 2.90 bits per heavy atom. The van der Waals surface area contributed by atoms with Gasteiger partial charge in [-0.3, -0.25) is 0 Å². The average molecular weight is 132 g/mol. The van der Waals surface area contributed by atoms with Crippen LogP contribution in [0.15, 0.2) is 48.6 Å². The maximum Gasteiger partial charge on any atom is -0.0300 e. The van der Waals surface area contributed by atoms with E-state index in [-0.39, 0.29) is 0 Å². The highest BCUT2D eigenvalue weighted by Crippen LogP contribution is 2.09. The lowest BCUT2D eigenvalue weighted by atomic mass is 10.1. The van der Waals surface area contributed by atoms with Gasteiger partial charge in [0.1, 0.15) is 0 Å². The second-order valence-corrected chi connectivity index (χ2v) is 2.28. The first-order chi connectivity index (χ1) is 4.93. The van der Waals surface area contributed by atoms with Crippen LogP contribution in [-0.4, -0.2) is 0 Å². The van der Waals surface area contributed by atoms with Gasteiger partial charge in [0.25, 0.3) is 0 Å². The van der Waals surface area contributed by atoms with Crippen molar-refractivity contribution in [3.05, 3.63) is 48.6 Å². The van der Waals surface area contributed by atoms with Gasteiger partial charge >= 0.3 is 0 Å². The summed E-state index contributed by atoms with van der Waals surface area (Å²) in [5, 5.41) is 0. The zero-order valence-electron chi connectivity index (χ0n) is 6.09. The SMILES string of the molecule is C=CC=CC1=CCCC=C1. The van der Waals surface area contributed by atoms with Crippen LogP contribution in [0, 0.1) is 0 Å². The first-order valence-electron chi connectivity index (χ1n) is 3.59. The molecule has 1 aliphatic carbocycles. The number of allylic oxidation sites excluding steroid dienone is 7. The third kappa shape index (κ3) is 2.06. The fourth-order valence-electron chi connectivity index (χ4n) is 0.936. The van der Waals surface area contributed by atoms with Crippen LogP contribution in [-0.2, 0) is 0 Å². The van der Waals surface area contributed by atoms with Gasteiger partial charge in [-0.15, -0.1) is 0 Å². The molecule has 0 unspecified atom stereocenters. The lowest BCUT2D eigenvalue weighted by Crippen LogP contribution is -1.78. The Morgan fingerprint density at radius 1 is 1.40 bits per heavy atom. The minimum atomic E-state index is 1.17. The summed E-state index contributed by atoms with van der Waals surface area (Å²) >= 11 is 0. The van der Waals surface area contributed by atoms with Crippen LogP contribution < -0.4 is 0 Å². The summed E-state index contributed by atoms with van der Waals surface area (Å²) in [7, 11) is 0. The molecule has 52 valence electrons. The molecular formula is C10H12. The van der Waals surface area contributed by atoms with Gasteiger partial charge < -0.3 is 0 Å². The quantitative estimate of drug-likeness (QED) is 0.507. The topological polar surface area (TPSA) is 0 Å². The molecule has 0 N–H and O–H groups in total. The molecule has 0 aromatic heterocycles. The van der Waals surface area contributed by atoms with Gasteiger partial charge in [0.15, 0.2) is 0 Å². The molecule has 0 aliphatic heterocycles. The van der Waals surface area contributed by atoms with E-state index >= 15 is 0 Å². The Balaban J connectivity index is 2.55. The van der Waals surface area contributed by atoms with E-state index < -0.39 is 0 Å². The van der Waals surface area contributed by atoms with Crippen molar-refractivity contribution in [1.29, 1.82) is 0 Å². The molecule has 0 heterocycles. The Labute approximate surface area is 62.3 Å². The molecule has 0 saturated carbocycles. The lowest BCUT2D eigenvalue weighted by molar-refractivity contribution is 1.03. The van der Waals surface area contributed by atoms with E-state index in [1.54, 1.807) is 6.08 Å². The molecule has 1 aliphatic rings. The zero-order valence-corrected chi connectivity index (χ0v) is 6.09. The van der Waals surface area contributed by atoms with Crippen LogP contribution in [0.25, 0.3) is 0 Å². The largest absolute Gasteiger partial charge is 0.0991 e. The molecule has 10 heavy (non-hydrogen) atoms. The van der Waals surface area contributed by atoms with Crippen molar-refractivity contribution in [2.45, 2.75) is 12.8 Å². The van der Waals surface area contributed by atoms with E-state index in [2.05, 4.69) is 30.9 Å². The van der Waals surface area contributed by atoms with E-state index in [4.69, 9.17) is 0 Å². The maximum atomic E-state index is 3.61. The molecular weight excluding hydrogens is 120 g/mol. The highest BCUT2D eigenvalue weighted by atomic mass is 14.0. The second-order valence-electron chi connectivity index (χ2n) is 2.28. The van der Waals surface area contributed by atoms with Gasteiger partial charge in [-0.1, -0.05) is 43.0 Å². The summed E-state index contributed by atoms with van der Waals surface area (Å²) in [6.45, 7) is 3.61. The number of rotatable bonds is 2. The fourth-order valence-corrected chi connectivity index (χ4v) is 0.936. The summed E-state index contributed by atoms with van der Waals surface area (Å²) in [4.78, 5) is 0. The predicted molar refractivity (Wildman–Crippen MR) is 45.8 cm³/mol. The van der Waals surface area contributed by atoms with Gasteiger partial charge in [-0.05, 0) is 18.4 Å². The molecule has 0 nitrogen and oxygen atoms in total. The first kappa shape index (κ1) is 7.07. The molecule has 0 aromatic rings. The number of hydrogen-bond donors (Lipinski definition) is 0. The molecule has 0 saturated heterocycles. The molecule has 0 spiro atoms. The molecule has 0 aromatic carbocycles. The molecule has 0 amide bonds. The van der Waals surface area contributed by atoms with Crippen molar-refractivity contribution in [3.8, 4) is 0 Å². The summed E-state index contributed by atoms with van der Waals surface area (Å²) in [5.41, 5.74) is 1.30.